The van der Waals surface area contributed by atoms with E-state index in [1.165, 1.54) is 24.0 Å². The second-order valence-electron chi connectivity index (χ2n) is 7.94. The number of guanidine groups is 1. The molecule has 2 fully saturated rings. The van der Waals surface area contributed by atoms with Crippen molar-refractivity contribution in [1.29, 1.82) is 0 Å². The number of aliphatic imine (C=N–C) groups is 1. The zero-order valence-corrected chi connectivity index (χ0v) is 18.3. The Labute approximate surface area is 175 Å². The molecule has 0 aromatic heterocycles. The summed E-state index contributed by atoms with van der Waals surface area (Å²) in [5.41, 5.74) is 2.40. The Morgan fingerprint density at radius 1 is 1.24 bits per heavy atom. The van der Waals surface area contributed by atoms with Gasteiger partial charge in [-0.25, -0.2) is 0 Å². The number of rotatable bonds is 7. The van der Waals surface area contributed by atoms with Crippen molar-refractivity contribution in [3.05, 3.63) is 29.3 Å². The monoisotopic (exact) mass is 403 g/mol. The second-order valence-corrected chi connectivity index (χ2v) is 7.94. The minimum Gasteiger partial charge on any atom is -0.494 e. The van der Waals surface area contributed by atoms with Crippen LogP contribution in [0.25, 0.3) is 0 Å². The van der Waals surface area contributed by atoms with E-state index in [0.717, 1.165) is 63.8 Å². The fraction of sp³-hybridized carbons (Fsp3) is 0.696. The van der Waals surface area contributed by atoms with E-state index in [9.17, 15) is 0 Å². The molecule has 0 bridgehead atoms. The third-order valence-corrected chi connectivity index (χ3v) is 5.73. The van der Waals surface area contributed by atoms with Gasteiger partial charge in [0, 0.05) is 33.3 Å². The predicted molar refractivity (Wildman–Crippen MR) is 117 cm³/mol. The number of piperidine rings is 1. The Morgan fingerprint density at radius 2 is 2.07 bits per heavy atom. The zero-order chi connectivity index (χ0) is 20.5. The SMILES string of the molecule is CCOc1ccc(CNC(=NC)N2CCC(OCC3CCCCO3)CC2)cc1C. The van der Waals surface area contributed by atoms with Crippen molar-refractivity contribution in [3.8, 4) is 5.75 Å². The maximum atomic E-state index is 6.13. The van der Waals surface area contributed by atoms with Gasteiger partial charge in [0.15, 0.2) is 5.96 Å². The molecule has 1 unspecified atom stereocenters. The topological polar surface area (TPSA) is 55.3 Å². The van der Waals surface area contributed by atoms with E-state index in [1.807, 2.05) is 14.0 Å². The quantitative estimate of drug-likeness (QED) is 0.558. The van der Waals surface area contributed by atoms with Gasteiger partial charge >= 0.3 is 0 Å². The second kappa shape index (κ2) is 11.4. The average Bonchev–Trinajstić information content (AvgIpc) is 2.76. The van der Waals surface area contributed by atoms with Crippen LogP contribution in [0.2, 0.25) is 0 Å². The van der Waals surface area contributed by atoms with Crippen LogP contribution in [0.5, 0.6) is 5.75 Å². The van der Waals surface area contributed by atoms with Gasteiger partial charge < -0.3 is 24.4 Å². The molecule has 6 nitrogen and oxygen atoms in total. The molecule has 0 amide bonds. The molecule has 2 aliphatic heterocycles. The number of hydrogen-bond acceptors (Lipinski definition) is 4. The summed E-state index contributed by atoms with van der Waals surface area (Å²) in [5.74, 6) is 1.92. The van der Waals surface area contributed by atoms with Crippen molar-refractivity contribution in [1.82, 2.24) is 10.2 Å². The molecular weight excluding hydrogens is 366 g/mol. The molecule has 29 heavy (non-hydrogen) atoms. The molecule has 162 valence electrons. The number of hydrogen-bond donors (Lipinski definition) is 1. The maximum Gasteiger partial charge on any atom is 0.193 e. The van der Waals surface area contributed by atoms with E-state index in [-0.39, 0.29) is 0 Å². The normalized spacial score (nSPS) is 21.3. The van der Waals surface area contributed by atoms with Crippen molar-refractivity contribution < 1.29 is 14.2 Å². The van der Waals surface area contributed by atoms with Crippen LogP contribution in [0.4, 0.5) is 0 Å². The van der Waals surface area contributed by atoms with Gasteiger partial charge in [-0.15, -0.1) is 0 Å². The molecule has 2 heterocycles. The van der Waals surface area contributed by atoms with Crippen molar-refractivity contribution in [2.45, 2.75) is 64.7 Å². The molecule has 0 radical (unpaired) electrons. The van der Waals surface area contributed by atoms with Crippen molar-refractivity contribution in [3.63, 3.8) is 0 Å². The lowest BCUT2D eigenvalue weighted by molar-refractivity contribution is -0.0721. The van der Waals surface area contributed by atoms with E-state index in [4.69, 9.17) is 14.2 Å². The van der Waals surface area contributed by atoms with Crippen molar-refractivity contribution >= 4 is 5.96 Å². The summed E-state index contributed by atoms with van der Waals surface area (Å²) in [6, 6.07) is 6.35. The maximum absolute atomic E-state index is 6.13. The van der Waals surface area contributed by atoms with Crippen LogP contribution in [-0.2, 0) is 16.0 Å². The molecule has 1 aromatic rings. The summed E-state index contributed by atoms with van der Waals surface area (Å²) in [5, 5.41) is 3.51. The first-order valence-electron chi connectivity index (χ1n) is 11.1. The minimum atomic E-state index is 0.300. The number of nitrogens with zero attached hydrogens (tertiary/aromatic N) is 2. The average molecular weight is 404 g/mol. The van der Waals surface area contributed by atoms with Crippen LogP contribution in [0.15, 0.2) is 23.2 Å². The van der Waals surface area contributed by atoms with Crippen LogP contribution in [-0.4, -0.2) is 63.0 Å². The lowest BCUT2D eigenvalue weighted by Crippen LogP contribution is -2.47. The van der Waals surface area contributed by atoms with E-state index < -0.39 is 0 Å². The highest BCUT2D eigenvalue weighted by Gasteiger charge is 2.23. The smallest absolute Gasteiger partial charge is 0.193 e. The molecule has 2 aliphatic rings. The van der Waals surface area contributed by atoms with E-state index in [2.05, 4.69) is 40.3 Å². The van der Waals surface area contributed by atoms with Crippen LogP contribution < -0.4 is 10.1 Å². The Hall–Kier alpha value is -1.79. The summed E-state index contributed by atoms with van der Waals surface area (Å²) < 4.78 is 17.5. The molecule has 2 saturated heterocycles. The lowest BCUT2D eigenvalue weighted by atomic mass is 10.1. The van der Waals surface area contributed by atoms with Crippen LogP contribution in [0, 0.1) is 6.92 Å². The highest BCUT2D eigenvalue weighted by atomic mass is 16.5. The van der Waals surface area contributed by atoms with E-state index >= 15 is 0 Å². The third-order valence-electron chi connectivity index (χ3n) is 5.73. The lowest BCUT2D eigenvalue weighted by Gasteiger charge is -2.35. The van der Waals surface area contributed by atoms with Gasteiger partial charge in [0.05, 0.1) is 25.4 Å². The molecule has 1 N–H and O–H groups in total. The molecule has 0 aliphatic carbocycles. The summed E-state index contributed by atoms with van der Waals surface area (Å²) >= 11 is 0. The predicted octanol–water partition coefficient (Wildman–Crippen LogP) is 3.52. The van der Waals surface area contributed by atoms with Gasteiger partial charge in [-0.2, -0.15) is 0 Å². The molecule has 0 saturated carbocycles. The van der Waals surface area contributed by atoms with Gasteiger partial charge in [-0.1, -0.05) is 12.1 Å². The number of aryl methyl sites for hydroxylation is 1. The Balaban J connectivity index is 1.41. The fourth-order valence-electron chi connectivity index (χ4n) is 4.07. The fourth-order valence-corrected chi connectivity index (χ4v) is 4.07. The third kappa shape index (κ3) is 6.61. The largest absolute Gasteiger partial charge is 0.494 e. The number of benzene rings is 1. The Kier molecular flexibility index (Phi) is 8.62. The minimum absolute atomic E-state index is 0.300. The van der Waals surface area contributed by atoms with Gasteiger partial charge in [0.1, 0.15) is 5.75 Å². The van der Waals surface area contributed by atoms with Crippen LogP contribution in [0.3, 0.4) is 0 Å². The van der Waals surface area contributed by atoms with Gasteiger partial charge in [-0.3, -0.25) is 4.99 Å². The van der Waals surface area contributed by atoms with Gasteiger partial charge in [-0.05, 0) is 63.1 Å². The van der Waals surface area contributed by atoms with E-state index in [0.29, 0.717) is 18.8 Å². The standard InChI is InChI=1S/C23H37N3O3/c1-4-27-22-9-8-19(15-18(22)2)16-25-23(24-3)26-12-10-20(11-13-26)29-17-21-7-5-6-14-28-21/h8-9,15,20-21H,4-7,10-14,16-17H2,1-3H3,(H,24,25). The number of nitrogens with one attached hydrogen (secondary N) is 1. The first-order valence-corrected chi connectivity index (χ1v) is 11.1. The molecule has 1 aromatic carbocycles. The molecule has 3 rings (SSSR count). The van der Waals surface area contributed by atoms with E-state index in [1.54, 1.807) is 0 Å². The summed E-state index contributed by atoms with van der Waals surface area (Å²) in [6.07, 6.45) is 6.31. The van der Waals surface area contributed by atoms with Gasteiger partial charge in [0.25, 0.3) is 0 Å². The molecular formula is C23H37N3O3. The first kappa shape index (κ1) is 21.9. The summed E-state index contributed by atoms with van der Waals surface area (Å²) in [4.78, 5) is 6.82. The van der Waals surface area contributed by atoms with Crippen molar-refractivity contribution in [2.24, 2.45) is 4.99 Å². The highest BCUT2D eigenvalue weighted by molar-refractivity contribution is 5.80. The van der Waals surface area contributed by atoms with Crippen LogP contribution in [0.1, 0.15) is 50.2 Å². The Bertz CT molecular complexity index is 651. The van der Waals surface area contributed by atoms with Gasteiger partial charge in [0.2, 0.25) is 0 Å². The van der Waals surface area contributed by atoms with Crippen molar-refractivity contribution in [2.75, 3.05) is 40.0 Å². The zero-order valence-electron chi connectivity index (χ0n) is 18.3. The number of ether oxygens (including phenoxy) is 3. The molecule has 6 heteroatoms. The molecule has 1 atom stereocenters. The highest BCUT2D eigenvalue weighted by Crippen LogP contribution is 2.20. The summed E-state index contributed by atoms with van der Waals surface area (Å²) in [6.45, 7) is 9.13. The first-order chi connectivity index (χ1) is 14.2. The number of likely N-dealkylation sites (tertiary alicyclic amines) is 1. The molecule has 0 spiro atoms. The van der Waals surface area contributed by atoms with Crippen LogP contribution >= 0.6 is 0 Å². The summed E-state index contributed by atoms with van der Waals surface area (Å²) in [7, 11) is 1.86. The Morgan fingerprint density at radius 3 is 2.72 bits per heavy atom.